The average molecular weight is 277 g/mol. The van der Waals surface area contributed by atoms with Gasteiger partial charge in [-0.05, 0) is 12.8 Å². The molecule has 0 heterocycles. The van der Waals surface area contributed by atoms with Gasteiger partial charge in [-0.1, -0.05) is 0 Å². The largest absolute Gasteiger partial charge is 0.480 e. The van der Waals surface area contributed by atoms with Crippen LogP contribution in [0.5, 0.6) is 0 Å². The molecule has 104 valence electrons. The van der Waals surface area contributed by atoms with Crippen molar-refractivity contribution in [3.05, 3.63) is 0 Å². The fourth-order valence-electron chi connectivity index (χ4n) is 1.14. The van der Waals surface area contributed by atoms with Gasteiger partial charge in [0.2, 0.25) is 5.91 Å². The van der Waals surface area contributed by atoms with Crippen LogP contribution in [0, 0.1) is 5.41 Å². The monoisotopic (exact) mass is 277 g/mol. The summed E-state index contributed by atoms with van der Waals surface area (Å²) >= 11 is 3.82. The smallest absolute Gasteiger partial charge is 0.327 e. The Kier molecular flexibility index (Phi) is 7.88. The lowest BCUT2D eigenvalue weighted by molar-refractivity contribution is -0.141. The summed E-state index contributed by atoms with van der Waals surface area (Å²) < 4.78 is 0. The first-order chi connectivity index (χ1) is 8.38. The Balaban J connectivity index is 3.95. The van der Waals surface area contributed by atoms with Crippen LogP contribution in [0.2, 0.25) is 0 Å². The Morgan fingerprint density at radius 2 is 2.06 bits per heavy atom. The molecule has 0 aromatic rings. The summed E-state index contributed by atoms with van der Waals surface area (Å²) in [4.78, 5) is 22.2. The van der Waals surface area contributed by atoms with E-state index in [1.54, 1.807) is 0 Å². The van der Waals surface area contributed by atoms with E-state index < -0.39 is 24.0 Å². The molecule has 9 heteroatoms. The topological polar surface area (TPSA) is 154 Å². The lowest BCUT2D eigenvalue weighted by Crippen LogP contribution is -2.49. The summed E-state index contributed by atoms with van der Waals surface area (Å²) in [7, 11) is 0. The van der Waals surface area contributed by atoms with Gasteiger partial charge in [0.25, 0.3) is 0 Å². The minimum atomic E-state index is -1.15. The zero-order chi connectivity index (χ0) is 14.1. The van der Waals surface area contributed by atoms with Crippen LogP contribution in [0.1, 0.15) is 12.8 Å². The van der Waals surface area contributed by atoms with Crippen LogP contribution in [0.3, 0.4) is 0 Å². The molecule has 2 atom stereocenters. The summed E-state index contributed by atoms with van der Waals surface area (Å²) in [5.41, 5.74) is 10.7. The van der Waals surface area contributed by atoms with E-state index in [0.717, 1.165) is 0 Å². The van der Waals surface area contributed by atoms with Crippen LogP contribution in [-0.2, 0) is 9.59 Å². The first kappa shape index (κ1) is 16.5. The number of carbonyl (C=O) groups excluding carboxylic acids is 1. The van der Waals surface area contributed by atoms with E-state index in [9.17, 15) is 9.59 Å². The standard InChI is InChI=1S/C9H19N5O3S/c10-5(2-1-3-13-9(11)12)7(15)14-6(4-18)8(16)17/h5-6,18H,1-4,10H2,(H,14,15)(H,16,17)(H4,11,12,13)/t5-,6-/m0/s1. The van der Waals surface area contributed by atoms with Gasteiger partial charge in [0.05, 0.1) is 6.04 Å². The Bertz CT molecular complexity index is 313. The van der Waals surface area contributed by atoms with Gasteiger partial charge < -0.3 is 27.2 Å². The zero-order valence-corrected chi connectivity index (χ0v) is 10.7. The molecule has 8 N–H and O–H groups in total. The van der Waals surface area contributed by atoms with Gasteiger partial charge in [0, 0.05) is 12.3 Å². The van der Waals surface area contributed by atoms with Crippen LogP contribution in [0.15, 0.2) is 0 Å². The number of nitrogens with two attached hydrogens (primary N) is 2. The Morgan fingerprint density at radius 3 is 2.50 bits per heavy atom. The van der Waals surface area contributed by atoms with Gasteiger partial charge in [-0.3, -0.25) is 10.2 Å². The number of thiol groups is 1. The van der Waals surface area contributed by atoms with Crippen molar-refractivity contribution >= 4 is 30.5 Å². The van der Waals surface area contributed by atoms with E-state index in [1.165, 1.54) is 0 Å². The minimum Gasteiger partial charge on any atom is -0.480 e. The molecule has 0 aliphatic heterocycles. The van der Waals surface area contributed by atoms with E-state index in [4.69, 9.17) is 22.0 Å². The Morgan fingerprint density at radius 1 is 1.44 bits per heavy atom. The van der Waals surface area contributed by atoms with Crippen molar-refractivity contribution in [3.8, 4) is 0 Å². The molecule has 0 aliphatic carbocycles. The lowest BCUT2D eigenvalue weighted by Gasteiger charge is -2.16. The fraction of sp³-hybridized carbons (Fsp3) is 0.667. The molecule has 0 rings (SSSR count). The molecule has 0 aliphatic rings. The molecule has 8 nitrogen and oxygen atoms in total. The number of guanidine groups is 1. The first-order valence-electron chi connectivity index (χ1n) is 5.36. The highest BCUT2D eigenvalue weighted by Crippen LogP contribution is 1.96. The van der Waals surface area contributed by atoms with E-state index in [1.807, 2.05) is 0 Å². The molecule has 0 aromatic carbocycles. The van der Waals surface area contributed by atoms with Crippen molar-refractivity contribution in [1.29, 1.82) is 5.41 Å². The molecular formula is C9H19N5O3S. The number of carboxylic acids is 1. The predicted molar refractivity (Wildman–Crippen MR) is 70.5 cm³/mol. The van der Waals surface area contributed by atoms with Gasteiger partial charge >= 0.3 is 5.97 Å². The van der Waals surface area contributed by atoms with Crippen molar-refractivity contribution in [2.45, 2.75) is 24.9 Å². The molecule has 18 heavy (non-hydrogen) atoms. The summed E-state index contributed by atoms with van der Waals surface area (Å²) in [5.74, 6) is -1.82. The zero-order valence-electron chi connectivity index (χ0n) is 9.85. The second-order valence-electron chi connectivity index (χ2n) is 3.67. The maximum atomic E-state index is 11.5. The Labute approximate surface area is 110 Å². The number of aliphatic carboxylic acids is 1. The van der Waals surface area contributed by atoms with Crippen LogP contribution >= 0.6 is 12.6 Å². The first-order valence-corrected chi connectivity index (χ1v) is 5.99. The lowest BCUT2D eigenvalue weighted by atomic mass is 10.1. The maximum Gasteiger partial charge on any atom is 0.327 e. The number of carbonyl (C=O) groups is 2. The third-order valence-corrected chi connectivity index (χ3v) is 2.51. The van der Waals surface area contributed by atoms with E-state index in [-0.39, 0.29) is 11.7 Å². The number of nitrogens with one attached hydrogen (secondary N) is 3. The predicted octanol–water partition coefficient (Wildman–Crippen LogP) is -1.92. The van der Waals surface area contributed by atoms with Gasteiger partial charge in [0.1, 0.15) is 6.04 Å². The normalized spacial score (nSPS) is 13.4. The number of rotatable bonds is 8. The van der Waals surface area contributed by atoms with Gasteiger partial charge in [-0.2, -0.15) is 12.6 Å². The Hall–Kier alpha value is -1.48. The summed E-state index contributed by atoms with van der Waals surface area (Å²) in [6.45, 7) is 0.436. The molecule has 0 aromatic heterocycles. The molecule has 0 saturated heterocycles. The molecule has 0 spiro atoms. The van der Waals surface area contributed by atoms with Crippen molar-refractivity contribution in [2.24, 2.45) is 11.5 Å². The summed E-state index contributed by atoms with van der Waals surface area (Å²) in [6, 6.07) is -1.83. The summed E-state index contributed by atoms with van der Waals surface area (Å²) in [6.07, 6.45) is 0.914. The van der Waals surface area contributed by atoms with Crippen LogP contribution in [0.25, 0.3) is 0 Å². The number of hydrogen-bond donors (Lipinski definition) is 7. The highest BCUT2D eigenvalue weighted by Gasteiger charge is 2.21. The highest BCUT2D eigenvalue weighted by molar-refractivity contribution is 7.80. The quantitative estimate of drug-likeness (QED) is 0.119. The third-order valence-electron chi connectivity index (χ3n) is 2.14. The van der Waals surface area contributed by atoms with E-state index in [0.29, 0.717) is 19.4 Å². The SMILES string of the molecule is N=C(N)NCCC[C@H](N)C(=O)N[C@@H](CS)C(=O)O. The van der Waals surface area contributed by atoms with E-state index >= 15 is 0 Å². The minimum absolute atomic E-state index is 0.000312. The number of amides is 1. The third kappa shape index (κ3) is 6.97. The van der Waals surface area contributed by atoms with Gasteiger partial charge in [0.15, 0.2) is 5.96 Å². The van der Waals surface area contributed by atoms with Gasteiger partial charge in [-0.15, -0.1) is 0 Å². The van der Waals surface area contributed by atoms with Gasteiger partial charge in [-0.25, -0.2) is 4.79 Å². The second kappa shape index (κ2) is 8.59. The van der Waals surface area contributed by atoms with Crippen LogP contribution < -0.4 is 22.1 Å². The molecule has 0 bridgehead atoms. The molecule has 0 fully saturated rings. The van der Waals surface area contributed by atoms with Crippen molar-refractivity contribution in [3.63, 3.8) is 0 Å². The average Bonchev–Trinajstić information content (AvgIpc) is 2.30. The molecule has 1 amide bonds. The van der Waals surface area contributed by atoms with Crippen molar-refractivity contribution < 1.29 is 14.7 Å². The van der Waals surface area contributed by atoms with Crippen LogP contribution in [-0.4, -0.2) is 47.3 Å². The molecular weight excluding hydrogens is 258 g/mol. The molecule has 0 saturated carbocycles. The molecule has 0 radical (unpaired) electrons. The second-order valence-corrected chi connectivity index (χ2v) is 4.04. The molecule has 0 unspecified atom stereocenters. The number of carboxylic acid groups (broad SMARTS) is 1. The van der Waals surface area contributed by atoms with E-state index in [2.05, 4.69) is 23.3 Å². The summed E-state index contributed by atoms with van der Waals surface area (Å²) in [5, 5.41) is 20.5. The highest BCUT2D eigenvalue weighted by atomic mass is 32.1. The van der Waals surface area contributed by atoms with Crippen molar-refractivity contribution in [2.75, 3.05) is 12.3 Å². The van der Waals surface area contributed by atoms with Crippen LogP contribution in [0.4, 0.5) is 0 Å². The maximum absolute atomic E-state index is 11.5. The fourth-order valence-corrected chi connectivity index (χ4v) is 1.39. The van der Waals surface area contributed by atoms with Crippen molar-refractivity contribution in [1.82, 2.24) is 10.6 Å². The number of hydrogen-bond acceptors (Lipinski definition) is 5.